The highest BCUT2D eigenvalue weighted by molar-refractivity contribution is 6.09. The Balaban J connectivity index is 1.22. The van der Waals surface area contributed by atoms with Gasteiger partial charge in [0.15, 0.2) is 0 Å². The maximum absolute atomic E-state index is 14.8. The number of nitrogens with zero attached hydrogens (tertiary/aromatic N) is 4. The van der Waals surface area contributed by atoms with Crippen LogP contribution < -0.4 is 13.9 Å². The first-order valence-electron chi connectivity index (χ1n) is 22.8. The molecule has 0 atom stereocenters. The number of para-hydroxylation sites is 1. The van der Waals surface area contributed by atoms with E-state index in [1.54, 1.807) is 18.2 Å². The van der Waals surface area contributed by atoms with Crippen LogP contribution in [0.1, 0.15) is 85.9 Å². The predicted molar refractivity (Wildman–Crippen MR) is 247 cm³/mol. The third kappa shape index (κ3) is 7.12. The van der Waals surface area contributed by atoms with E-state index in [2.05, 4.69) is 97.2 Å². The average Bonchev–Trinajstić information content (AvgIpc) is 3.80. The molecule has 0 radical (unpaired) electrons. The third-order valence-corrected chi connectivity index (χ3v) is 11.2. The van der Waals surface area contributed by atoms with Crippen molar-refractivity contribution in [1.82, 2.24) is 18.7 Å². The normalized spacial score (nSPS) is 14.3. The molecule has 3 heterocycles. The van der Waals surface area contributed by atoms with Crippen LogP contribution in [0.15, 0.2) is 146 Å². The molecule has 6 heteroatoms. The molecule has 1 aliphatic rings. The van der Waals surface area contributed by atoms with Crippen molar-refractivity contribution in [1.29, 1.82) is 0 Å². The van der Waals surface area contributed by atoms with Crippen molar-refractivity contribution in [2.24, 2.45) is 0 Å². The first kappa shape index (κ1) is 33.2. The topological polar surface area (TPSA) is 33.1 Å². The van der Waals surface area contributed by atoms with E-state index >= 15 is 0 Å². The molecular formula is C54H51FN4O+2. The molecule has 0 saturated heterocycles. The molecule has 0 aliphatic carbocycles. The Bertz CT molecular complexity index is 3300. The van der Waals surface area contributed by atoms with Crippen LogP contribution in [-0.2, 0) is 16.2 Å². The summed E-state index contributed by atoms with van der Waals surface area (Å²) in [7, 11) is 0. The van der Waals surface area contributed by atoms with Gasteiger partial charge in [0.05, 0.1) is 29.5 Å². The zero-order valence-electron chi connectivity index (χ0n) is 40.5. The predicted octanol–water partition coefficient (Wildman–Crippen LogP) is 14.5. The third-order valence-electron chi connectivity index (χ3n) is 11.2. The van der Waals surface area contributed by atoms with Crippen molar-refractivity contribution in [3.63, 3.8) is 0 Å². The van der Waals surface area contributed by atoms with Gasteiger partial charge in [0.1, 0.15) is 23.1 Å². The van der Waals surface area contributed by atoms with E-state index in [1.165, 1.54) is 6.07 Å². The van der Waals surface area contributed by atoms with Gasteiger partial charge in [-0.3, -0.25) is 4.57 Å². The van der Waals surface area contributed by atoms with Crippen LogP contribution in [0.4, 0.5) is 27.1 Å². The molecule has 298 valence electrons. The number of aromatic nitrogens is 2. The first-order valence-corrected chi connectivity index (χ1v) is 20.3. The Hall–Kier alpha value is -6.62. The highest BCUT2D eigenvalue weighted by Crippen LogP contribution is 2.45. The van der Waals surface area contributed by atoms with Crippen LogP contribution in [0.2, 0.25) is 0 Å². The van der Waals surface area contributed by atoms with Gasteiger partial charge in [-0.2, -0.15) is 0 Å². The van der Waals surface area contributed by atoms with E-state index < -0.39 is 18.1 Å². The Morgan fingerprint density at radius 2 is 1.32 bits per heavy atom. The summed E-state index contributed by atoms with van der Waals surface area (Å²) < 4.78 is 70.8. The smallest absolute Gasteiger partial charge is 0.457 e. The number of hydrogen-bond acceptors (Lipinski definition) is 2. The molecule has 0 unspecified atom stereocenters. The van der Waals surface area contributed by atoms with Crippen LogP contribution in [0, 0.1) is 5.82 Å². The zero-order valence-corrected chi connectivity index (χ0v) is 35.5. The molecule has 0 N–H and O–H groups in total. The Morgan fingerprint density at radius 1 is 0.617 bits per heavy atom. The number of hydrogen-bond donors (Lipinski definition) is 0. The number of ether oxygens (including phenoxy) is 1. The van der Waals surface area contributed by atoms with Gasteiger partial charge in [-0.1, -0.05) is 111 Å². The molecule has 5 nitrogen and oxygen atoms in total. The van der Waals surface area contributed by atoms with E-state index in [1.807, 2.05) is 76.0 Å². The van der Waals surface area contributed by atoms with Crippen LogP contribution in [-0.4, -0.2) is 15.6 Å². The number of pyridine rings is 1. The number of halogens is 1. The molecule has 0 amide bonds. The summed E-state index contributed by atoms with van der Waals surface area (Å²) in [5.74, 6) is 1.52. The molecule has 0 bridgehead atoms. The Labute approximate surface area is 359 Å². The molecule has 9 rings (SSSR count). The van der Waals surface area contributed by atoms with Gasteiger partial charge in [-0.25, -0.2) is 9.37 Å². The number of rotatable bonds is 6. The summed E-state index contributed by atoms with van der Waals surface area (Å²) >= 11 is 0. The van der Waals surface area contributed by atoms with E-state index in [0.29, 0.717) is 28.4 Å². The summed E-state index contributed by atoms with van der Waals surface area (Å²) in [6.07, 6.45) is 1.81. The molecule has 0 fully saturated rings. The zero-order chi connectivity index (χ0) is 46.5. The van der Waals surface area contributed by atoms with Crippen molar-refractivity contribution in [3.05, 3.63) is 168 Å². The SMILES string of the molecule is [2H]c1c([2H])c([2H])c(-c2cccc3c2[N+](c2cc(C(C)(C)C)cc(C(C)(C)C)c2)=C=[N+]3c2cccc(Oc3ccc4c5cc(F)ccc5n(-c5cc(C(C)(C)C)ccn5)c4c3)c2)c([2H])c1[2H]. The van der Waals surface area contributed by atoms with E-state index in [0.717, 1.165) is 55.7 Å². The van der Waals surface area contributed by atoms with Crippen molar-refractivity contribution >= 4 is 50.6 Å². The lowest BCUT2D eigenvalue weighted by Crippen LogP contribution is -2.17. The van der Waals surface area contributed by atoms with Crippen LogP contribution >= 0.6 is 0 Å². The second kappa shape index (κ2) is 14.3. The van der Waals surface area contributed by atoms with Gasteiger partial charge >= 0.3 is 11.7 Å². The van der Waals surface area contributed by atoms with Gasteiger partial charge in [-0.15, -0.1) is 0 Å². The second-order valence-electron chi connectivity index (χ2n) is 18.6. The number of fused-ring (bicyclic) bond motifs is 4. The van der Waals surface area contributed by atoms with E-state index in [9.17, 15) is 4.39 Å². The molecule has 0 saturated carbocycles. The Morgan fingerprint density at radius 3 is 2.03 bits per heavy atom. The molecule has 8 aromatic rings. The van der Waals surface area contributed by atoms with Crippen LogP contribution in [0.25, 0.3) is 38.8 Å². The lowest BCUT2D eigenvalue weighted by molar-refractivity contribution is 0.483. The van der Waals surface area contributed by atoms with Gasteiger partial charge in [0.25, 0.3) is 5.69 Å². The van der Waals surface area contributed by atoms with Crippen molar-refractivity contribution in [2.75, 3.05) is 0 Å². The van der Waals surface area contributed by atoms with Crippen molar-refractivity contribution < 1.29 is 16.0 Å². The molecule has 0 spiro atoms. The standard InChI is InChI=1S/C54H51FN4O/c1-52(2,3)36-25-26-56-50(30-36)59-47-24-21-39(55)31-46(47)45-23-22-43(33-49(45)59)60-42-18-13-17-40(32-42)57-34-58(41-28-37(53(4,5)6)27-38(29-41)54(7,8)9)51-44(19-14-20-48(51)57)35-15-11-10-12-16-35/h10-33H,1-9H3/q+2/i10D,11D,12D,15D,16D. The lowest BCUT2D eigenvalue weighted by Gasteiger charge is -2.24. The molecule has 2 aromatic heterocycles. The summed E-state index contributed by atoms with van der Waals surface area (Å²) in [5, 5.41) is 1.63. The minimum Gasteiger partial charge on any atom is -0.457 e. The minimum absolute atomic E-state index is 0.109. The summed E-state index contributed by atoms with van der Waals surface area (Å²) in [4.78, 5) is 4.78. The Kier molecular flexibility index (Phi) is 7.91. The van der Waals surface area contributed by atoms with Crippen LogP contribution in [0.5, 0.6) is 11.5 Å². The molecular weight excluding hydrogens is 740 g/mol. The number of benzene rings is 6. The van der Waals surface area contributed by atoms with Gasteiger partial charge in [0, 0.05) is 47.3 Å². The molecule has 60 heavy (non-hydrogen) atoms. The fraction of sp³-hybridized carbons (Fsp3) is 0.222. The largest absolute Gasteiger partial charge is 0.503 e. The van der Waals surface area contributed by atoms with E-state index in [-0.39, 0.29) is 39.7 Å². The maximum Gasteiger partial charge on any atom is 0.503 e. The first-order chi connectivity index (χ1) is 30.6. The summed E-state index contributed by atoms with van der Waals surface area (Å²) in [6, 6.07) is 36.3. The average molecular weight is 796 g/mol. The van der Waals surface area contributed by atoms with Crippen molar-refractivity contribution in [2.45, 2.75) is 78.6 Å². The minimum atomic E-state index is -0.446. The molecule has 1 aliphatic heterocycles. The maximum atomic E-state index is 14.8. The van der Waals surface area contributed by atoms with E-state index in [4.69, 9.17) is 16.6 Å². The fourth-order valence-corrected chi connectivity index (χ4v) is 7.84. The fourth-order valence-electron chi connectivity index (χ4n) is 7.84. The second-order valence-corrected chi connectivity index (χ2v) is 18.6. The molecule has 6 aromatic carbocycles. The van der Waals surface area contributed by atoms with Crippen LogP contribution in [0.3, 0.4) is 0 Å². The summed E-state index contributed by atoms with van der Waals surface area (Å²) in [6.45, 7) is 19.6. The highest BCUT2D eigenvalue weighted by Gasteiger charge is 2.40. The summed E-state index contributed by atoms with van der Waals surface area (Å²) in [5.41, 5.74) is 7.96. The van der Waals surface area contributed by atoms with Gasteiger partial charge < -0.3 is 4.74 Å². The lowest BCUT2D eigenvalue weighted by atomic mass is 9.80. The van der Waals surface area contributed by atoms with Gasteiger partial charge in [0.2, 0.25) is 11.4 Å². The monoisotopic (exact) mass is 795 g/mol. The van der Waals surface area contributed by atoms with Gasteiger partial charge in [-0.05, 0) is 102 Å². The highest BCUT2D eigenvalue weighted by atomic mass is 19.1. The quantitative estimate of drug-likeness (QED) is 0.157. The van der Waals surface area contributed by atoms with Crippen molar-refractivity contribution in [3.8, 4) is 28.4 Å².